The summed E-state index contributed by atoms with van der Waals surface area (Å²) < 4.78 is 0. The second kappa shape index (κ2) is 12.0. The first-order valence-electron chi connectivity index (χ1n) is 22.1. The molecule has 1 spiro atoms. The van der Waals surface area contributed by atoms with E-state index in [1.54, 1.807) is 27.1 Å². The zero-order valence-corrected chi connectivity index (χ0v) is 34.6. The maximum atomic E-state index is 5.46. The van der Waals surface area contributed by atoms with Crippen molar-refractivity contribution in [1.29, 1.82) is 0 Å². The maximum absolute atomic E-state index is 5.46. The molecule has 1 aromatic heterocycles. The number of hydrogen-bond acceptors (Lipinski definition) is 3. The third kappa shape index (κ3) is 4.22. The van der Waals surface area contributed by atoms with Gasteiger partial charge in [-0.3, -0.25) is 0 Å². The zero-order chi connectivity index (χ0) is 39.3. The van der Waals surface area contributed by atoms with E-state index in [1.807, 2.05) is 0 Å². The normalized spacial score (nSPS) is 26.4. The third-order valence-electron chi connectivity index (χ3n) is 16.3. The molecule has 3 nitrogen and oxygen atoms in total. The molecule has 7 atom stereocenters. The highest BCUT2D eigenvalue weighted by molar-refractivity contribution is 7.06. The van der Waals surface area contributed by atoms with Gasteiger partial charge in [0.1, 0.15) is 8.07 Å². The Hall–Kier alpha value is -6.23. The molecule has 4 fully saturated rings. The summed E-state index contributed by atoms with van der Waals surface area (Å²) in [5.41, 5.74) is 18.1. The molecule has 286 valence electrons. The standard InChI is InChI=1S/C56H43N3Si/c1-60-49-32-38(22-23-42(49)44-26-25-43-41-19-11-12-20-47(41)56(50(43)52(44)60)40-28-33-27-39(30-40)51(60)48(56)29-33)54-57-53(36-17-9-4-10-18-36)58-55(59-54)45-24-21-37(34-13-5-2-6-14-34)31-46(45)35-15-7-3-8-16-35/h2-26,31-33,39-40,48,51H,27-30H2,1H3. The Kier molecular flexibility index (Phi) is 6.69. The first kappa shape index (κ1) is 33.6. The van der Waals surface area contributed by atoms with Crippen molar-refractivity contribution in [1.82, 2.24) is 15.0 Å². The van der Waals surface area contributed by atoms with Gasteiger partial charge in [-0.05, 0) is 133 Å². The molecule has 6 bridgehead atoms. The van der Waals surface area contributed by atoms with Crippen molar-refractivity contribution in [2.75, 3.05) is 0 Å². The van der Waals surface area contributed by atoms with Crippen LogP contribution >= 0.6 is 0 Å². The largest absolute Gasteiger partial charge is 0.208 e. The summed E-state index contributed by atoms with van der Waals surface area (Å²) >= 11 is 0. The Balaban J connectivity index is 0.980. The lowest BCUT2D eigenvalue weighted by Gasteiger charge is -2.69. The van der Waals surface area contributed by atoms with Crippen LogP contribution in [0.25, 0.3) is 78.7 Å². The van der Waals surface area contributed by atoms with Gasteiger partial charge in [0.2, 0.25) is 0 Å². The summed E-state index contributed by atoms with van der Waals surface area (Å²) in [4.78, 5) is 16.1. The van der Waals surface area contributed by atoms with Crippen molar-refractivity contribution in [2.45, 2.75) is 43.2 Å². The van der Waals surface area contributed by atoms with Gasteiger partial charge < -0.3 is 0 Å². The van der Waals surface area contributed by atoms with Gasteiger partial charge in [-0.2, -0.15) is 0 Å². The predicted molar refractivity (Wildman–Crippen MR) is 246 cm³/mol. The van der Waals surface area contributed by atoms with Gasteiger partial charge in [0.05, 0.1) is 0 Å². The summed E-state index contributed by atoms with van der Waals surface area (Å²) in [7, 11) is -2.24. The molecule has 0 N–H and O–H groups in total. The van der Waals surface area contributed by atoms with E-state index in [1.165, 1.54) is 53.5 Å². The Labute approximate surface area is 352 Å². The molecule has 15 rings (SSSR count). The first-order chi connectivity index (χ1) is 29.6. The molecule has 8 aromatic rings. The molecule has 4 saturated carbocycles. The van der Waals surface area contributed by atoms with Crippen LogP contribution in [-0.4, -0.2) is 23.0 Å². The molecule has 0 radical (unpaired) electrons. The van der Waals surface area contributed by atoms with E-state index in [2.05, 4.69) is 170 Å². The van der Waals surface area contributed by atoms with E-state index < -0.39 is 8.07 Å². The van der Waals surface area contributed by atoms with Crippen LogP contribution in [0.15, 0.2) is 164 Å². The van der Waals surface area contributed by atoms with E-state index >= 15 is 0 Å². The quantitative estimate of drug-likeness (QED) is 0.163. The fourth-order valence-electron chi connectivity index (χ4n) is 14.4. The highest BCUT2D eigenvalue weighted by Crippen LogP contribution is 2.76. The minimum absolute atomic E-state index is 0.187. The van der Waals surface area contributed by atoms with Gasteiger partial charge in [0, 0.05) is 22.1 Å². The van der Waals surface area contributed by atoms with E-state index in [-0.39, 0.29) is 5.41 Å². The molecule has 7 aromatic carbocycles. The molecule has 5 aliphatic carbocycles. The minimum Gasteiger partial charge on any atom is -0.208 e. The average Bonchev–Trinajstić information content (AvgIpc) is 3.75. The van der Waals surface area contributed by atoms with Crippen LogP contribution in [0.5, 0.6) is 0 Å². The van der Waals surface area contributed by atoms with E-state index in [9.17, 15) is 0 Å². The van der Waals surface area contributed by atoms with Crippen molar-refractivity contribution < 1.29 is 0 Å². The second-order valence-corrected chi connectivity index (χ2v) is 23.0. The summed E-state index contributed by atoms with van der Waals surface area (Å²) in [6.45, 7) is 2.79. The topological polar surface area (TPSA) is 38.7 Å². The Morgan fingerprint density at radius 3 is 1.90 bits per heavy atom. The third-order valence-corrected chi connectivity index (χ3v) is 21.6. The number of aromatic nitrogens is 3. The Bertz CT molecular complexity index is 3110. The zero-order valence-electron chi connectivity index (χ0n) is 33.6. The number of rotatable bonds is 5. The van der Waals surface area contributed by atoms with Crippen molar-refractivity contribution in [3.8, 4) is 78.7 Å². The Morgan fingerprint density at radius 2 is 1.10 bits per heavy atom. The lowest BCUT2D eigenvalue weighted by molar-refractivity contribution is -0.0432. The van der Waals surface area contributed by atoms with Crippen LogP contribution in [-0.2, 0) is 5.41 Å². The molecule has 0 amide bonds. The van der Waals surface area contributed by atoms with Gasteiger partial charge >= 0.3 is 0 Å². The van der Waals surface area contributed by atoms with Crippen molar-refractivity contribution in [2.24, 2.45) is 23.7 Å². The van der Waals surface area contributed by atoms with Crippen LogP contribution in [0, 0.1) is 23.7 Å². The van der Waals surface area contributed by atoms with Gasteiger partial charge in [-0.25, -0.2) is 15.0 Å². The number of fused-ring (bicyclic) bond motifs is 5. The van der Waals surface area contributed by atoms with E-state index in [0.717, 1.165) is 62.9 Å². The maximum Gasteiger partial charge on any atom is 0.164 e. The smallest absolute Gasteiger partial charge is 0.164 e. The van der Waals surface area contributed by atoms with Crippen LogP contribution in [0.4, 0.5) is 0 Å². The van der Waals surface area contributed by atoms with Crippen LogP contribution in [0.2, 0.25) is 12.1 Å². The van der Waals surface area contributed by atoms with Gasteiger partial charge in [0.15, 0.2) is 17.5 Å². The molecule has 2 aliphatic heterocycles. The lowest BCUT2D eigenvalue weighted by atomic mass is 9.42. The average molecular weight is 786 g/mol. The summed E-state index contributed by atoms with van der Waals surface area (Å²) in [6.07, 6.45) is 5.65. The molecule has 7 aliphatic rings. The number of benzene rings is 7. The van der Waals surface area contributed by atoms with Crippen LogP contribution in [0.1, 0.15) is 36.8 Å². The van der Waals surface area contributed by atoms with E-state index in [0.29, 0.717) is 11.6 Å². The highest BCUT2D eigenvalue weighted by Gasteiger charge is 2.73. The summed E-state index contributed by atoms with van der Waals surface area (Å²) in [5.74, 6) is 5.37. The summed E-state index contributed by atoms with van der Waals surface area (Å²) in [6, 6.07) is 60.5. The van der Waals surface area contributed by atoms with Crippen LogP contribution in [0.3, 0.4) is 0 Å². The first-order valence-corrected chi connectivity index (χ1v) is 24.7. The minimum atomic E-state index is -2.24. The highest BCUT2D eigenvalue weighted by atomic mass is 28.3. The molecule has 0 saturated heterocycles. The van der Waals surface area contributed by atoms with Crippen LogP contribution < -0.4 is 10.4 Å². The number of hydrogen-bond donors (Lipinski definition) is 0. The SMILES string of the molecule is C[Si]12c3cc(-c4nc(-c5ccccc5)nc(-c5ccc(-c6ccccc6)cc5-c5ccccc5)n4)ccc3-c3ccc4c(c31)C1(c3ccccc3-4)C3CC4CC(C3)C2C1C4. The summed E-state index contributed by atoms with van der Waals surface area (Å²) in [5, 5.41) is 3.40. The van der Waals surface area contributed by atoms with Crippen molar-refractivity contribution in [3.05, 3.63) is 175 Å². The molecule has 4 heteroatoms. The molecular weight excluding hydrogens is 743 g/mol. The van der Waals surface area contributed by atoms with Gasteiger partial charge in [0.25, 0.3) is 0 Å². The second-order valence-electron chi connectivity index (χ2n) is 18.9. The molecular formula is C56H43N3Si. The molecule has 60 heavy (non-hydrogen) atoms. The van der Waals surface area contributed by atoms with Crippen molar-refractivity contribution >= 4 is 18.4 Å². The van der Waals surface area contributed by atoms with Gasteiger partial charge in [-0.15, -0.1) is 0 Å². The fourth-order valence-corrected chi connectivity index (χ4v) is 20.7. The number of nitrogens with zero attached hydrogens (tertiary/aromatic N) is 3. The Morgan fingerprint density at radius 1 is 0.467 bits per heavy atom. The van der Waals surface area contributed by atoms with Gasteiger partial charge in [-0.1, -0.05) is 158 Å². The van der Waals surface area contributed by atoms with E-state index in [4.69, 9.17) is 15.0 Å². The molecule has 3 heterocycles. The fraction of sp³-hybridized carbons (Fsp3) is 0.196. The van der Waals surface area contributed by atoms with Crippen molar-refractivity contribution in [3.63, 3.8) is 0 Å². The molecule has 7 unspecified atom stereocenters. The predicted octanol–water partition coefficient (Wildman–Crippen LogP) is 12.1. The monoisotopic (exact) mass is 785 g/mol. The lowest BCUT2D eigenvalue weighted by Crippen LogP contribution is -2.73.